The standard InChI is InChI=1S/C16H17F2NOS/c1-19-11-12-9-14(17)16(15(18)10-12)20-7-8-21-13-5-3-2-4-6-13/h2-6,9-10,19H,7-8,11H2,1H3. The van der Waals surface area contributed by atoms with Crippen molar-refractivity contribution in [3.63, 3.8) is 0 Å². The molecule has 0 atom stereocenters. The lowest BCUT2D eigenvalue weighted by molar-refractivity contribution is 0.305. The van der Waals surface area contributed by atoms with E-state index in [2.05, 4.69) is 5.32 Å². The first-order valence-corrected chi connectivity index (χ1v) is 7.62. The predicted molar refractivity (Wildman–Crippen MR) is 81.8 cm³/mol. The van der Waals surface area contributed by atoms with Crippen LogP contribution in [-0.2, 0) is 6.54 Å². The van der Waals surface area contributed by atoms with Crippen molar-refractivity contribution in [1.82, 2.24) is 5.32 Å². The Labute approximate surface area is 127 Å². The highest BCUT2D eigenvalue weighted by molar-refractivity contribution is 7.99. The fourth-order valence-electron chi connectivity index (χ4n) is 1.88. The molecular formula is C16H17F2NOS. The van der Waals surface area contributed by atoms with E-state index in [1.807, 2.05) is 30.3 Å². The molecule has 0 heterocycles. The number of benzene rings is 2. The highest BCUT2D eigenvalue weighted by Gasteiger charge is 2.12. The van der Waals surface area contributed by atoms with Crippen molar-refractivity contribution in [2.75, 3.05) is 19.4 Å². The zero-order chi connectivity index (χ0) is 15.1. The average molecular weight is 309 g/mol. The fourth-order valence-corrected chi connectivity index (χ4v) is 2.63. The van der Waals surface area contributed by atoms with E-state index in [4.69, 9.17) is 4.74 Å². The summed E-state index contributed by atoms with van der Waals surface area (Å²) in [5.74, 6) is -1.00. The lowest BCUT2D eigenvalue weighted by atomic mass is 10.2. The minimum absolute atomic E-state index is 0.249. The summed E-state index contributed by atoms with van der Waals surface area (Å²) in [6.07, 6.45) is 0. The van der Waals surface area contributed by atoms with E-state index in [9.17, 15) is 8.78 Å². The van der Waals surface area contributed by atoms with E-state index in [1.165, 1.54) is 12.1 Å². The molecule has 112 valence electrons. The van der Waals surface area contributed by atoms with Crippen LogP contribution < -0.4 is 10.1 Å². The molecule has 0 saturated carbocycles. The van der Waals surface area contributed by atoms with Crippen LogP contribution in [0.4, 0.5) is 8.78 Å². The summed E-state index contributed by atoms with van der Waals surface area (Å²) in [6, 6.07) is 12.4. The van der Waals surface area contributed by atoms with E-state index in [1.54, 1.807) is 18.8 Å². The number of rotatable bonds is 7. The quantitative estimate of drug-likeness (QED) is 0.620. The molecule has 21 heavy (non-hydrogen) atoms. The molecule has 1 N–H and O–H groups in total. The van der Waals surface area contributed by atoms with Crippen LogP contribution in [-0.4, -0.2) is 19.4 Å². The maximum atomic E-state index is 13.8. The molecule has 0 fully saturated rings. The minimum atomic E-state index is -0.662. The maximum Gasteiger partial charge on any atom is 0.190 e. The van der Waals surface area contributed by atoms with Crippen LogP contribution in [0.15, 0.2) is 47.4 Å². The van der Waals surface area contributed by atoms with E-state index < -0.39 is 11.6 Å². The van der Waals surface area contributed by atoms with Gasteiger partial charge in [-0.05, 0) is 36.9 Å². The summed E-state index contributed by atoms with van der Waals surface area (Å²) < 4.78 is 32.8. The Bertz CT molecular complexity index is 555. The second-order valence-corrected chi connectivity index (χ2v) is 5.60. The van der Waals surface area contributed by atoms with Gasteiger partial charge in [-0.2, -0.15) is 0 Å². The second-order valence-electron chi connectivity index (χ2n) is 4.43. The summed E-state index contributed by atoms with van der Waals surface area (Å²) in [5, 5.41) is 2.85. The summed E-state index contributed by atoms with van der Waals surface area (Å²) in [7, 11) is 1.72. The van der Waals surface area contributed by atoms with Crippen molar-refractivity contribution in [1.29, 1.82) is 0 Å². The molecule has 2 rings (SSSR count). The van der Waals surface area contributed by atoms with E-state index in [-0.39, 0.29) is 12.4 Å². The molecule has 0 bridgehead atoms. The third kappa shape index (κ3) is 4.72. The second kappa shape index (κ2) is 8.00. The largest absolute Gasteiger partial charge is 0.487 e. The van der Waals surface area contributed by atoms with Crippen LogP contribution >= 0.6 is 11.8 Å². The number of thioether (sulfide) groups is 1. The van der Waals surface area contributed by atoms with E-state index in [0.29, 0.717) is 17.9 Å². The van der Waals surface area contributed by atoms with Crippen LogP contribution in [0.1, 0.15) is 5.56 Å². The Kier molecular flexibility index (Phi) is 6.02. The Hall–Kier alpha value is -1.59. The molecule has 0 aromatic heterocycles. The molecule has 2 nitrogen and oxygen atoms in total. The van der Waals surface area contributed by atoms with Crippen molar-refractivity contribution in [3.8, 4) is 5.75 Å². The number of nitrogens with one attached hydrogen (secondary N) is 1. The highest BCUT2D eigenvalue weighted by atomic mass is 32.2. The Morgan fingerprint density at radius 3 is 2.38 bits per heavy atom. The van der Waals surface area contributed by atoms with Gasteiger partial charge < -0.3 is 10.1 Å². The summed E-state index contributed by atoms with van der Waals surface area (Å²) in [6.45, 7) is 0.663. The smallest absolute Gasteiger partial charge is 0.190 e. The Morgan fingerprint density at radius 2 is 1.76 bits per heavy atom. The predicted octanol–water partition coefficient (Wildman–Crippen LogP) is 3.86. The summed E-state index contributed by atoms with van der Waals surface area (Å²) in [5.41, 5.74) is 0.554. The third-order valence-electron chi connectivity index (χ3n) is 2.78. The van der Waals surface area contributed by atoms with Gasteiger partial charge in [0.25, 0.3) is 0 Å². The number of hydrogen-bond acceptors (Lipinski definition) is 3. The van der Waals surface area contributed by atoms with Gasteiger partial charge in [-0.25, -0.2) is 8.78 Å². The lowest BCUT2D eigenvalue weighted by Gasteiger charge is -2.10. The van der Waals surface area contributed by atoms with Gasteiger partial charge in [-0.3, -0.25) is 0 Å². The molecule has 0 aliphatic carbocycles. The van der Waals surface area contributed by atoms with Crippen LogP contribution in [0, 0.1) is 11.6 Å². The third-order valence-corrected chi connectivity index (χ3v) is 3.76. The van der Waals surface area contributed by atoms with Gasteiger partial charge in [0, 0.05) is 17.2 Å². The van der Waals surface area contributed by atoms with E-state index in [0.717, 1.165) is 4.90 Å². The van der Waals surface area contributed by atoms with Crippen molar-refractivity contribution < 1.29 is 13.5 Å². The molecule has 5 heteroatoms. The SMILES string of the molecule is CNCc1cc(F)c(OCCSc2ccccc2)c(F)c1. The van der Waals surface area contributed by atoms with Gasteiger partial charge >= 0.3 is 0 Å². The zero-order valence-electron chi connectivity index (χ0n) is 11.7. The van der Waals surface area contributed by atoms with Crippen molar-refractivity contribution in [2.45, 2.75) is 11.4 Å². The zero-order valence-corrected chi connectivity index (χ0v) is 12.6. The molecule has 0 radical (unpaired) electrons. The molecule has 0 spiro atoms. The normalized spacial score (nSPS) is 10.6. The minimum Gasteiger partial charge on any atom is -0.487 e. The Balaban J connectivity index is 1.88. The van der Waals surface area contributed by atoms with Crippen LogP contribution in [0.3, 0.4) is 0 Å². The first-order valence-electron chi connectivity index (χ1n) is 6.64. The number of ether oxygens (including phenoxy) is 1. The van der Waals surface area contributed by atoms with Gasteiger partial charge in [-0.1, -0.05) is 18.2 Å². The first kappa shape index (κ1) is 15.8. The molecule has 0 saturated heterocycles. The van der Waals surface area contributed by atoms with Crippen LogP contribution in [0.2, 0.25) is 0 Å². The van der Waals surface area contributed by atoms with Gasteiger partial charge in [0.05, 0.1) is 6.61 Å². The topological polar surface area (TPSA) is 21.3 Å². The van der Waals surface area contributed by atoms with Gasteiger partial charge in [-0.15, -0.1) is 11.8 Å². The van der Waals surface area contributed by atoms with Gasteiger partial charge in [0.2, 0.25) is 0 Å². The fraction of sp³-hybridized carbons (Fsp3) is 0.250. The lowest BCUT2D eigenvalue weighted by Crippen LogP contribution is -2.08. The van der Waals surface area contributed by atoms with Crippen molar-refractivity contribution >= 4 is 11.8 Å². The maximum absolute atomic E-state index is 13.8. The first-order chi connectivity index (χ1) is 10.2. The molecule has 2 aromatic carbocycles. The molecule has 0 amide bonds. The highest BCUT2D eigenvalue weighted by Crippen LogP contribution is 2.24. The van der Waals surface area contributed by atoms with E-state index >= 15 is 0 Å². The molecule has 0 aliphatic rings. The molecule has 0 unspecified atom stereocenters. The van der Waals surface area contributed by atoms with Crippen molar-refractivity contribution in [2.24, 2.45) is 0 Å². The van der Waals surface area contributed by atoms with Crippen LogP contribution in [0.5, 0.6) is 5.75 Å². The van der Waals surface area contributed by atoms with Gasteiger partial charge in [0.15, 0.2) is 17.4 Å². The number of halogens is 2. The monoisotopic (exact) mass is 309 g/mol. The summed E-state index contributed by atoms with van der Waals surface area (Å²) in [4.78, 5) is 1.10. The average Bonchev–Trinajstić information content (AvgIpc) is 2.47. The molecule has 2 aromatic rings. The van der Waals surface area contributed by atoms with Crippen molar-refractivity contribution in [3.05, 3.63) is 59.7 Å². The van der Waals surface area contributed by atoms with Gasteiger partial charge in [0.1, 0.15) is 0 Å². The molecular weight excluding hydrogens is 292 g/mol. The molecule has 0 aliphatic heterocycles. The van der Waals surface area contributed by atoms with Crippen LogP contribution in [0.25, 0.3) is 0 Å². The summed E-state index contributed by atoms with van der Waals surface area (Å²) >= 11 is 1.58. The number of hydrogen-bond donors (Lipinski definition) is 1. The Morgan fingerprint density at radius 1 is 1.10 bits per heavy atom.